The standard InChI is InChI=1S/C22H26F3N3O4S/c1-4-11-26-22(30)15(2)27(13-16-5-7-17(23)8-6-16)21(29)14-28(33(3,31)32)18-9-10-19(24)20(25)12-18/h5-10,12,15H,4,11,13-14H2,1-3H3,(H,26,30)/t15-/m0/s1. The second kappa shape index (κ2) is 11.2. The Morgan fingerprint density at radius 3 is 2.21 bits per heavy atom. The van der Waals surface area contributed by atoms with Gasteiger partial charge in [-0.05, 0) is 43.2 Å². The molecule has 2 aromatic rings. The van der Waals surface area contributed by atoms with Crippen LogP contribution in [0.1, 0.15) is 25.8 Å². The Labute approximate surface area is 191 Å². The normalized spacial score (nSPS) is 12.2. The molecule has 0 aromatic heterocycles. The number of rotatable bonds is 10. The summed E-state index contributed by atoms with van der Waals surface area (Å²) in [6.07, 6.45) is 1.49. The third kappa shape index (κ3) is 7.21. The summed E-state index contributed by atoms with van der Waals surface area (Å²) in [4.78, 5) is 26.9. The summed E-state index contributed by atoms with van der Waals surface area (Å²) in [6.45, 7) is 2.87. The molecule has 0 heterocycles. The Morgan fingerprint density at radius 2 is 1.67 bits per heavy atom. The molecule has 0 bridgehead atoms. The van der Waals surface area contributed by atoms with Crippen molar-refractivity contribution in [1.29, 1.82) is 0 Å². The summed E-state index contributed by atoms with van der Waals surface area (Å²) in [5, 5.41) is 2.68. The topological polar surface area (TPSA) is 86.8 Å². The second-order valence-electron chi connectivity index (χ2n) is 7.48. The molecule has 1 N–H and O–H groups in total. The molecule has 0 fully saturated rings. The molecule has 7 nitrogen and oxygen atoms in total. The van der Waals surface area contributed by atoms with Crippen LogP contribution in [-0.4, -0.2) is 50.5 Å². The number of anilines is 1. The molecule has 0 aliphatic carbocycles. The van der Waals surface area contributed by atoms with Crippen LogP contribution in [0, 0.1) is 17.5 Å². The first kappa shape index (κ1) is 26.2. The number of hydrogen-bond acceptors (Lipinski definition) is 4. The molecule has 2 amide bonds. The highest BCUT2D eigenvalue weighted by Crippen LogP contribution is 2.21. The van der Waals surface area contributed by atoms with E-state index in [0.717, 1.165) is 23.3 Å². The minimum absolute atomic E-state index is 0.102. The smallest absolute Gasteiger partial charge is 0.244 e. The number of carbonyl (C=O) groups is 2. The van der Waals surface area contributed by atoms with E-state index in [4.69, 9.17) is 0 Å². The molecule has 2 aromatic carbocycles. The van der Waals surface area contributed by atoms with Crippen LogP contribution in [0.3, 0.4) is 0 Å². The van der Waals surface area contributed by atoms with Gasteiger partial charge in [0.05, 0.1) is 11.9 Å². The third-order valence-electron chi connectivity index (χ3n) is 4.85. The lowest BCUT2D eigenvalue weighted by Gasteiger charge is -2.31. The van der Waals surface area contributed by atoms with Crippen molar-refractivity contribution in [2.75, 3.05) is 23.7 Å². The van der Waals surface area contributed by atoms with E-state index >= 15 is 0 Å². The predicted octanol–water partition coefficient (Wildman–Crippen LogP) is 2.81. The minimum Gasteiger partial charge on any atom is -0.354 e. The Hall–Kier alpha value is -3.08. The number of sulfonamides is 1. The number of benzene rings is 2. The van der Waals surface area contributed by atoms with Gasteiger partial charge < -0.3 is 10.2 Å². The fourth-order valence-electron chi connectivity index (χ4n) is 3.02. The Bertz CT molecular complexity index is 1090. The van der Waals surface area contributed by atoms with Gasteiger partial charge in [-0.2, -0.15) is 0 Å². The molecule has 0 aliphatic heterocycles. The molecule has 11 heteroatoms. The summed E-state index contributed by atoms with van der Waals surface area (Å²) in [5.74, 6) is -4.13. The lowest BCUT2D eigenvalue weighted by molar-refractivity contribution is -0.139. The number of halogens is 3. The van der Waals surface area contributed by atoms with E-state index in [2.05, 4.69) is 5.32 Å². The van der Waals surface area contributed by atoms with Gasteiger partial charge >= 0.3 is 0 Å². The van der Waals surface area contributed by atoms with Crippen LogP contribution in [0.4, 0.5) is 18.9 Å². The summed E-state index contributed by atoms with van der Waals surface area (Å²) in [6, 6.07) is 6.75. The van der Waals surface area contributed by atoms with Gasteiger partial charge in [0.1, 0.15) is 18.4 Å². The molecule has 0 saturated heterocycles. The molecular weight excluding hydrogens is 459 g/mol. The molecule has 2 rings (SSSR count). The first-order valence-electron chi connectivity index (χ1n) is 10.2. The van der Waals surface area contributed by atoms with Crippen LogP contribution < -0.4 is 9.62 Å². The molecule has 0 spiro atoms. The van der Waals surface area contributed by atoms with Crippen molar-refractivity contribution in [3.63, 3.8) is 0 Å². The molecule has 0 radical (unpaired) electrons. The van der Waals surface area contributed by atoms with Gasteiger partial charge in [-0.25, -0.2) is 21.6 Å². The van der Waals surface area contributed by atoms with Crippen LogP contribution >= 0.6 is 0 Å². The zero-order valence-electron chi connectivity index (χ0n) is 18.5. The van der Waals surface area contributed by atoms with Crippen LogP contribution in [0.15, 0.2) is 42.5 Å². The van der Waals surface area contributed by atoms with Crippen LogP contribution in [-0.2, 0) is 26.2 Å². The molecule has 0 unspecified atom stereocenters. The molecule has 1 atom stereocenters. The largest absolute Gasteiger partial charge is 0.354 e. The maximum Gasteiger partial charge on any atom is 0.244 e. The molecule has 180 valence electrons. The summed E-state index contributed by atoms with van der Waals surface area (Å²) in [5.41, 5.74) is 0.271. The minimum atomic E-state index is -4.07. The highest BCUT2D eigenvalue weighted by Gasteiger charge is 2.30. The lowest BCUT2D eigenvalue weighted by atomic mass is 10.1. The van der Waals surface area contributed by atoms with Crippen molar-refractivity contribution < 1.29 is 31.2 Å². The SMILES string of the molecule is CCCNC(=O)[C@H](C)N(Cc1ccc(F)cc1)C(=O)CN(c1ccc(F)c(F)c1)S(C)(=O)=O. The average Bonchev–Trinajstić information content (AvgIpc) is 2.76. The summed E-state index contributed by atoms with van der Waals surface area (Å²) in [7, 11) is -4.07. The van der Waals surface area contributed by atoms with Gasteiger partial charge in [-0.15, -0.1) is 0 Å². The van der Waals surface area contributed by atoms with E-state index in [0.29, 0.717) is 28.9 Å². The number of nitrogens with zero attached hydrogens (tertiary/aromatic N) is 2. The number of hydrogen-bond donors (Lipinski definition) is 1. The van der Waals surface area contributed by atoms with Gasteiger partial charge in [0.15, 0.2) is 11.6 Å². The Balaban J connectivity index is 2.38. The monoisotopic (exact) mass is 485 g/mol. The van der Waals surface area contributed by atoms with Crippen LogP contribution in [0.5, 0.6) is 0 Å². The highest BCUT2D eigenvalue weighted by molar-refractivity contribution is 7.92. The first-order chi connectivity index (χ1) is 15.4. The Morgan fingerprint density at radius 1 is 1.03 bits per heavy atom. The first-order valence-corrected chi connectivity index (χ1v) is 12.0. The van der Waals surface area contributed by atoms with E-state index in [1.807, 2.05) is 6.92 Å². The van der Waals surface area contributed by atoms with Gasteiger partial charge in [0, 0.05) is 19.2 Å². The van der Waals surface area contributed by atoms with Crippen LogP contribution in [0.25, 0.3) is 0 Å². The van der Waals surface area contributed by atoms with E-state index in [-0.39, 0.29) is 12.2 Å². The van der Waals surface area contributed by atoms with Gasteiger partial charge in [-0.1, -0.05) is 19.1 Å². The maximum absolute atomic E-state index is 13.7. The van der Waals surface area contributed by atoms with E-state index in [1.165, 1.54) is 31.2 Å². The number of carbonyl (C=O) groups excluding carboxylic acids is 2. The predicted molar refractivity (Wildman–Crippen MR) is 118 cm³/mol. The van der Waals surface area contributed by atoms with E-state index in [1.54, 1.807) is 0 Å². The highest BCUT2D eigenvalue weighted by atomic mass is 32.2. The fourth-order valence-corrected chi connectivity index (χ4v) is 3.86. The second-order valence-corrected chi connectivity index (χ2v) is 9.39. The number of nitrogens with one attached hydrogen (secondary N) is 1. The fraction of sp³-hybridized carbons (Fsp3) is 0.364. The van der Waals surface area contributed by atoms with Crippen molar-refractivity contribution in [3.8, 4) is 0 Å². The van der Waals surface area contributed by atoms with Crippen molar-refractivity contribution in [3.05, 3.63) is 65.5 Å². The molecule has 0 saturated carbocycles. The van der Waals surface area contributed by atoms with Crippen molar-refractivity contribution in [1.82, 2.24) is 10.2 Å². The third-order valence-corrected chi connectivity index (χ3v) is 5.99. The van der Waals surface area contributed by atoms with Crippen LogP contribution in [0.2, 0.25) is 0 Å². The zero-order chi connectivity index (χ0) is 24.8. The van der Waals surface area contributed by atoms with Crippen molar-refractivity contribution in [2.24, 2.45) is 0 Å². The van der Waals surface area contributed by atoms with Gasteiger partial charge in [-0.3, -0.25) is 13.9 Å². The van der Waals surface area contributed by atoms with Crippen molar-refractivity contribution in [2.45, 2.75) is 32.9 Å². The Kier molecular flexibility index (Phi) is 8.86. The molecule has 33 heavy (non-hydrogen) atoms. The average molecular weight is 486 g/mol. The number of amides is 2. The summed E-state index contributed by atoms with van der Waals surface area (Å²) >= 11 is 0. The van der Waals surface area contributed by atoms with Gasteiger partial charge in [0.2, 0.25) is 21.8 Å². The zero-order valence-corrected chi connectivity index (χ0v) is 19.3. The lowest BCUT2D eigenvalue weighted by Crippen LogP contribution is -2.51. The molecule has 0 aliphatic rings. The van der Waals surface area contributed by atoms with E-state index in [9.17, 15) is 31.2 Å². The summed E-state index contributed by atoms with van der Waals surface area (Å²) < 4.78 is 65.7. The van der Waals surface area contributed by atoms with Crippen molar-refractivity contribution >= 4 is 27.5 Å². The quantitative estimate of drug-likeness (QED) is 0.561. The molecular formula is C22H26F3N3O4S. The van der Waals surface area contributed by atoms with Gasteiger partial charge in [0.25, 0.3) is 0 Å². The maximum atomic E-state index is 13.7. The van der Waals surface area contributed by atoms with E-state index < -0.39 is 51.9 Å².